The second kappa shape index (κ2) is 7.45. The Kier molecular flexibility index (Phi) is 5.36. The van der Waals surface area contributed by atoms with Crippen LogP contribution >= 0.6 is 0 Å². The van der Waals surface area contributed by atoms with Crippen LogP contribution in [0.25, 0.3) is 0 Å². The van der Waals surface area contributed by atoms with Gasteiger partial charge in [0.2, 0.25) is 5.91 Å². The van der Waals surface area contributed by atoms with Crippen LogP contribution < -0.4 is 16.0 Å². The monoisotopic (exact) mass is 320 g/mol. The molecule has 0 aromatic heterocycles. The Morgan fingerprint density at radius 2 is 1.87 bits per heavy atom. The first-order chi connectivity index (χ1) is 11.0. The summed E-state index contributed by atoms with van der Waals surface area (Å²) < 4.78 is 0. The van der Waals surface area contributed by atoms with Crippen molar-refractivity contribution in [3.05, 3.63) is 34.4 Å². The van der Waals surface area contributed by atoms with Crippen LogP contribution in [0.3, 0.4) is 0 Å². The Morgan fingerprint density at radius 1 is 1.17 bits per heavy atom. The zero-order valence-electron chi connectivity index (χ0n) is 12.2. The molecule has 3 amide bonds. The molecule has 0 bridgehead atoms. The molecule has 23 heavy (non-hydrogen) atoms. The molecule has 3 N–H and O–H groups in total. The molecule has 122 valence electrons. The van der Waals surface area contributed by atoms with Crippen molar-refractivity contribution in [1.29, 1.82) is 0 Å². The SMILES string of the molecule is O=C(NC(=O)C1CCNCC1)C(=O)Nc1cccc([N+](=O)[O-])c1. The van der Waals surface area contributed by atoms with E-state index in [9.17, 15) is 24.5 Å². The number of imide groups is 1. The van der Waals surface area contributed by atoms with Gasteiger partial charge in [-0.15, -0.1) is 0 Å². The molecule has 9 heteroatoms. The van der Waals surface area contributed by atoms with Gasteiger partial charge in [0.25, 0.3) is 5.69 Å². The molecule has 1 aliphatic heterocycles. The van der Waals surface area contributed by atoms with Gasteiger partial charge in [-0.05, 0) is 32.0 Å². The number of piperidine rings is 1. The van der Waals surface area contributed by atoms with Crippen molar-refractivity contribution < 1.29 is 19.3 Å². The van der Waals surface area contributed by atoms with Crippen LogP contribution in [0, 0.1) is 16.0 Å². The maximum atomic E-state index is 11.9. The number of carbonyl (C=O) groups is 3. The average Bonchev–Trinajstić information content (AvgIpc) is 2.55. The summed E-state index contributed by atoms with van der Waals surface area (Å²) in [6, 6.07) is 5.18. The first-order valence-electron chi connectivity index (χ1n) is 7.08. The van der Waals surface area contributed by atoms with Gasteiger partial charge in [0, 0.05) is 23.7 Å². The minimum Gasteiger partial charge on any atom is -0.318 e. The number of amides is 3. The lowest BCUT2D eigenvalue weighted by Gasteiger charge is -2.21. The van der Waals surface area contributed by atoms with E-state index in [2.05, 4.69) is 16.0 Å². The van der Waals surface area contributed by atoms with Crippen molar-refractivity contribution in [2.45, 2.75) is 12.8 Å². The van der Waals surface area contributed by atoms with Crippen molar-refractivity contribution in [3.63, 3.8) is 0 Å². The van der Waals surface area contributed by atoms with Gasteiger partial charge in [0.05, 0.1) is 4.92 Å². The molecule has 0 saturated carbocycles. The van der Waals surface area contributed by atoms with E-state index in [1.165, 1.54) is 18.2 Å². The zero-order chi connectivity index (χ0) is 16.8. The molecule has 0 unspecified atom stereocenters. The highest BCUT2D eigenvalue weighted by atomic mass is 16.6. The van der Waals surface area contributed by atoms with Crippen LogP contribution in [0.15, 0.2) is 24.3 Å². The summed E-state index contributed by atoms with van der Waals surface area (Å²) in [5.41, 5.74) is -0.109. The van der Waals surface area contributed by atoms with Crippen LogP contribution in [0.2, 0.25) is 0 Å². The third kappa shape index (κ3) is 4.58. The first kappa shape index (κ1) is 16.6. The van der Waals surface area contributed by atoms with E-state index in [-0.39, 0.29) is 17.3 Å². The predicted octanol–water partition coefficient (Wildman–Crippen LogP) is 0.176. The summed E-state index contributed by atoms with van der Waals surface area (Å²) in [6.45, 7) is 1.37. The summed E-state index contributed by atoms with van der Waals surface area (Å²) in [5.74, 6) is -2.91. The van der Waals surface area contributed by atoms with Gasteiger partial charge in [0.15, 0.2) is 0 Å². The van der Waals surface area contributed by atoms with Crippen LogP contribution in [0.1, 0.15) is 12.8 Å². The maximum absolute atomic E-state index is 11.9. The smallest absolute Gasteiger partial charge is 0.316 e. The number of hydrogen-bond acceptors (Lipinski definition) is 6. The standard InChI is InChI=1S/C14H16N4O5/c19-12(9-4-6-15-7-5-9)17-14(21)13(20)16-10-2-1-3-11(8-10)18(22)23/h1-3,8-9,15H,4-7H2,(H,16,20)(H,17,19,21). The highest BCUT2D eigenvalue weighted by Gasteiger charge is 2.25. The highest BCUT2D eigenvalue weighted by molar-refractivity contribution is 6.42. The Labute approximate surface area is 131 Å². The molecule has 1 aromatic rings. The topological polar surface area (TPSA) is 130 Å². The summed E-state index contributed by atoms with van der Waals surface area (Å²) in [6.07, 6.45) is 1.21. The van der Waals surface area contributed by atoms with Gasteiger partial charge in [-0.1, -0.05) is 6.07 Å². The largest absolute Gasteiger partial charge is 0.318 e. The molecular formula is C14H16N4O5. The molecule has 1 aromatic carbocycles. The molecule has 2 rings (SSSR count). The van der Waals surface area contributed by atoms with E-state index in [1.807, 2.05) is 0 Å². The first-order valence-corrected chi connectivity index (χ1v) is 7.08. The number of nitro groups is 1. The van der Waals surface area contributed by atoms with Gasteiger partial charge >= 0.3 is 11.8 Å². The number of rotatable bonds is 3. The van der Waals surface area contributed by atoms with Crippen LogP contribution in [-0.4, -0.2) is 35.7 Å². The second-order valence-corrected chi connectivity index (χ2v) is 5.10. The lowest BCUT2D eigenvalue weighted by Crippen LogP contribution is -2.44. The molecule has 1 heterocycles. The van der Waals surface area contributed by atoms with Crippen molar-refractivity contribution in [1.82, 2.24) is 10.6 Å². The fraction of sp³-hybridized carbons (Fsp3) is 0.357. The summed E-state index contributed by atoms with van der Waals surface area (Å²) in [7, 11) is 0. The fourth-order valence-electron chi connectivity index (χ4n) is 2.24. The normalized spacial score (nSPS) is 14.8. The third-order valence-electron chi connectivity index (χ3n) is 3.47. The molecule has 0 spiro atoms. The number of benzene rings is 1. The number of nitrogens with zero attached hydrogens (tertiary/aromatic N) is 1. The number of hydrogen-bond donors (Lipinski definition) is 3. The minimum atomic E-state index is -1.08. The second-order valence-electron chi connectivity index (χ2n) is 5.10. The number of carbonyl (C=O) groups excluding carboxylic acids is 3. The Hall–Kier alpha value is -2.81. The number of nitro benzene ring substituents is 1. The average molecular weight is 320 g/mol. The zero-order valence-corrected chi connectivity index (χ0v) is 12.2. The quantitative estimate of drug-likeness (QED) is 0.413. The Bertz CT molecular complexity index is 640. The van der Waals surface area contributed by atoms with E-state index in [0.717, 1.165) is 6.07 Å². The number of nitrogens with one attached hydrogen (secondary N) is 3. The van der Waals surface area contributed by atoms with Crippen LogP contribution in [0.5, 0.6) is 0 Å². The minimum absolute atomic E-state index is 0.105. The summed E-state index contributed by atoms with van der Waals surface area (Å²) in [4.78, 5) is 45.4. The Morgan fingerprint density at radius 3 is 2.52 bits per heavy atom. The van der Waals surface area contributed by atoms with E-state index in [1.54, 1.807) is 0 Å². The Balaban J connectivity index is 1.92. The van der Waals surface area contributed by atoms with Crippen molar-refractivity contribution in [2.75, 3.05) is 18.4 Å². The van der Waals surface area contributed by atoms with E-state index in [0.29, 0.717) is 25.9 Å². The highest BCUT2D eigenvalue weighted by Crippen LogP contribution is 2.17. The lowest BCUT2D eigenvalue weighted by atomic mass is 9.97. The fourth-order valence-corrected chi connectivity index (χ4v) is 2.24. The number of non-ortho nitro benzene ring substituents is 1. The molecule has 1 aliphatic rings. The summed E-state index contributed by atoms with van der Waals surface area (Å²) in [5, 5.41) is 18.0. The maximum Gasteiger partial charge on any atom is 0.316 e. The van der Waals surface area contributed by atoms with Gasteiger partial charge in [-0.25, -0.2) is 0 Å². The molecule has 0 aliphatic carbocycles. The van der Waals surface area contributed by atoms with Gasteiger partial charge in [0.1, 0.15) is 0 Å². The molecule has 9 nitrogen and oxygen atoms in total. The van der Waals surface area contributed by atoms with Crippen molar-refractivity contribution in [2.24, 2.45) is 5.92 Å². The summed E-state index contributed by atoms with van der Waals surface area (Å²) >= 11 is 0. The van der Waals surface area contributed by atoms with E-state index < -0.39 is 22.6 Å². The van der Waals surface area contributed by atoms with E-state index in [4.69, 9.17) is 0 Å². The van der Waals surface area contributed by atoms with Crippen LogP contribution in [-0.2, 0) is 14.4 Å². The predicted molar refractivity (Wildman–Crippen MR) is 80.5 cm³/mol. The third-order valence-corrected chi connectivity index (χ3v) is 3.47. The van der Waals surface area contributed by atoms with Gasteiger partial charge in [-0.3, -0.25) is 29.8 Å². The van der Waals surface area contributed by atoms with Crippen molar-refractivity contribution in [3.8, 4) is 0 Å². The molecule has 0 radical (unpaired) electrons. The van der Waals surface area contributed by atoms with Gasteiger partial charge < -0.3 is 10.6 Å². The molecule has 1 fully saturated rings. The van der Waals surface area contributed by atoms with Gasteiger partial charge in [-0.2, -0.15) is 0 Å². The van der Waals surface area contributed by atoms with Crippen LogP contribution in [0.4, 0.5) is 11.4 Å². The lowest BCUT2D eigenvalue weighted by molar-refractivity contribution is -0.384. The molecule has 1 saturated heterocycles. The molecule has 0 atom stereocenters. The van der Waals surface area contributed by atoms with E-state index >= 15 is 0 Å². The number of anilines is 1. The molecular weight excluding hydrogens is 304 g/mol. The van der Waals surface area contributed by atoms with Crippen molar-refractivity contribution >= 4 is 29.1 Å².